The first-order valence-corrected chi connectivity index (χ1v) is 5.09. The Balaban J connectivity index is 2.48. The number of nitrogens with zero attached hydrogens (tertiary/aromatic N) is 6. The van der Waals surface area contributed by atoms with E-state index in [4.69, 9.17) is 0 Å². The maximum atomic E-state index is 4.27. The SMILES string of the molecule is CNC(C)c1nnnn1-c1cn(C)nc1C. The van der Waals surface area contributed by atoms with Crippen molar-refractivity contribution in [2.45, 2.75) is 19.9 Å². The fourth-order valence-corrected chi connectivity index (χ4v) is 1.56. The Morgan fingerprint density at radius 2 is 2.19 bits per heavy atom. The van der Waals surface area contributed by atoms with Crippen LogP contribution in [0.15, 0.2) is 6.20 Å². The van der Waals surface area contributed by atoms with Crippen molar-refractivity contribution < 1.29 is 0 Å². The number of nitrogens with one attached hydrogen (secondary N) is 1. The first kappa shape index (κ1) is 10.7. The highest BCUT2D eigenvalue weighted by molar-refractivity contribution is 5.33. The zero-order valence-electron chi connectivity index (χ0n) is 9.84. The van der Waals surface area contributed by atoms with Gasteiger partial charge in [-0.3, -0.25) is 4.68 Å². The highest BCUT2D eigenvalue weighted by Gasteiger charge is 2.16. The van der Waals surface area contributed by atoms with Gasteiger partial charge < -0.3 is 5.32 Å². The number of tetrazole rings is 1. The minimum Gasteiger partial charge on any atom is -0.311 e. The molecule has 1 atom stereocenters. The number of aromatic nitrogens is 6. The molecule has 0 amide bonds. The molecule has 0 radical (unpaired) electrons. The molecule has 2 aromatic heterocycles. The van der Waals surface area contributed by atoms with E-state index >= 15 is 0 Å². The molecule has 1 unspecified atom stereocenters. The fraction of sp³-hybridized carbons (Fsp3) is 0.556. The van der Waals surface area contributed by atoms with Crippen LogP contribution in [0.2, 0.25) is 0 Å². The summed E-state index contributed by atoms with van der Waals surface area (Å²) >= 11 is 0. The van der Waals surface area contributed by atoms with Crippen molar-refractivity contribution in [1.82, 2.24) is 35.3 Å². The van der Waals surface area contributed by atoms with E-state index in [1.807, 2.05) is 34.1 Å². The van der Waals surface area contributed by atoms with E-state index in [0.717, 1.165) is 17.2 Å². The molecule has 7 heteroatoms. The molecule has 0 aliphatic heterocycles. The van der Waals surface area contributed by atoms with Gasteiger partial charge in [0.25, 0.3) is 0 Å². The van der Waals surface area contributed by atoms with Crippen molar-refractivity contribution >= 4 is 0 Å². The van der Waals surface area contributed by atoms with Crippen molar-refractivity contribution in [3.8, 4) is 5.69 Å². The smallest absolute Gasteiger partial charge is 0.173 e. The predicted molar refractivity (Wildman–Crippen MR) is 58.1 cm³/mol. The second kappa shape index (κ2) is 4.01. The highest BCUT2D eigenvalue weighted by atomic mass is 15.6. The van der Waals surface area contributed by atoms with Gasteiger partial charge >= 0.3 is 0 Å². The van der Waals surface area contributed by atoms with Gasteiger partial charge in [-0.1, -0.05) is 0 Å². The van der Waals surface area contributed by atoms with Crippen LogP contribution in [-0.4, -0.2) is 37.0 Å². The van der Waals surface area contributed by atoms with Crippen LogP contribution in [0, 0.1) is 6.92 Å². The Hall–Kier alpha value is -1.76. The van der Waals surface area contributed by atoms with Gasteiger partial charge in [0.1, 0.15) is 5.69 Å². The summed E-state index contributed by atoms with van der Waals surface area (Å²) in [5, 5.41) is 19.1. The zero-order valence-corrected chi connectivity index (χ0v) is 9.84. The molecule has 0 saturated carbocycles. The monoisotopic (exact) mass is 221 g/mol. The average molecular weight is 221 g/mol. The lowest BCUT2D eigenvalue weighted by Gasteiger charge is -2.08. The second-order valence-electron chi connectivity index (χ2n) is 3.73. The van der Waals surface area contributed by atoms with Crippen molar-refractivity contribution in [1.29, 1.82) is 0 Å². The van der Waals surface area contributed by atoms with Crippen LogP contribution in [0.25, 0.3) is 5.69 Å². The summed E-state index contributed by atoms with van der Waals surface area (Å²) in [6.07, 6.45) is 1.90. The minimum atomic E-state index is 0.0922. The van der Waals surface area contributed by atoms with Crippen molar-refractivity contribution in [2.24, 2.45) is 7.05 Å². The van der Waals surface area contributed by atoms with Gasteiger partial charge in [0.15, 0.2) is 5.82 Å². The van der Waals surface area contributed by atoms with Crippen LogP contribution in [0.4, 0.5) is 0 Å². The summed E-state index contributed by atoms with van der Waals surface area (Å²) in [7, 11) is 3.75. The molecule has 16 heavy (non-hydrogen) atoms. The molecule has 2 rings (SSSR count). The first-order chi connectivity index (χ1) is 7.63. The molecule has 0 fully saturated rings. The molecule has 7 nitrogen and oxygen atoms in total. The zero-order chi connectivity index (χ0) is 11.7. The molecule has 0 aliphatic carbocycles. The Morgan fingerprint density at radius 1 is 1.44 bits per heavy atom. The first-order valence-electron chi connectivity index (χ1n) is 5.09. The lowest BCUT2D eigenvalue weighted by molar-refractivity contribution is 0.588. The normalized spacial score (nSPS) is 13.0. The van der Waals surface area contributed by atoms with Crippen LogP contribution < -0.4 is 5.32 Å². The minimum absolute atomic E-state index is 0.0922. The molecule has 2 aromatic rings. The summed E-state index contributed by atoms with van der Waals surface area (Å²) < 4.78 is 3.46. The maximum Gasteiger partial charge on any atom is 0.173 e. The lowest BCUT2D eigenvalue weighted by Crippen LogP contribution is -2.18. The largest absolute Gasteiger partial charge is 0.311 e. The van der Waals surface area contributed by atoms with Crippen LogP contribution >= 0.6 is 0 Å². The van der Waals surface area contributed by atoms with E-state index in [0.29, 0.717) is 0 Å². The number of hydrogen-bond acceptors (Lipinski definition) is 5. The summed E-state index contributed by atoms with van der Waals surface area (Å²) in [5.74, 6) is 0.776. The van der Waals surface area contributed by atoms with E-state index in [-0.39, 0.29) is 6.04 Å². The molecular formula is C9H15N7. The van der Waals surface area contributed by atoms with Crippen molar-refractivity contribution in [2.75, 3.05) is 7.05 Å². The molecular weight excluding hydrogens is 206 g/mol. The van der Waals surface area contributed by atoms with E-state index < -0.39 is 0 Å². The number of rotatable bonds is 3. The van der Waals surface area contributed by atoms with Gasteiger partial charge in [-0.25, -0.2) is 0 Å². The molecule has 0 saturated heterocycles. The molecule has 0 aliphatic rings. The Kier molecular flexibility index (Phi) is 2.69. The average Bonchev–Trinajstić information content (AvgIpc) is 2.83. The van der Waals surface area contributed by atoms with Crippen LogP contribution in [0.1, 0.15) is 24.5 Å². The van der Waals surface area contributed by atoms with E-state index in [1.54, 1.807) is 9.36 Å². The highest BCUT2D eigenvalue weighted by Crippen LogP contribution is 2.15. The Labute approximate surface area is 93.5 Å². The second-order valence-corrected chi connectivity index (χ2v) is 3.73. The van der Waals surface area contributed by atoms with Gasteiger partial charge in [-0.05, 0) is 31.3 Å². The summed E-state index contributed by atoms with van der Waals surface area (Å²) in [6, 6.07) is 0.0922. The van der Waals surface area contributed by atoms with Gasteiger partial charge in [0.2, 0.25) is 0 Å². The van der Waals surface area contributed by atoms with Crippen molar-refractivity contribution in [3.63, 3.8) is 0 Å². The van der Waals surface area contributed by atoms with Crippen molar-refractivity contribution in [3.05, 3.63) is 17.7 Å². The quantitative estimate of drug-likeness (QED) is 0.788. The molecule has 0 spiro atoms. The van der Waals surface area contributed by atoms with E-state index in [2.05, 4.69) is 25.9 Å². The molecule has 0 aromatic carbocycles. The number of hydrogen-bond donors (Lipinski definition) is 1. The molecule has 2 heterocycles. The maximum absolute atomic E-state index is 4.27. The van der Waals surface area contributed by atoms with E-state index in [1.165, 1.54) is 0 Å². The van der Waals surface area contributed by atoms with Gasteiger partial charge in [-0.15, -0.1) is 5.10 Å². The molecule has 86 valence electrons. The predicted octanol–water partition coefficient (Wildman–Crippen LogP) is -0.0154. The third-order valence-electron chi connectivity index (χ3n) is 2.53. The Bertz CT molecular complexity index is 484. The summed E-state index contributed by atoms with van der Waals surface area (Å²) in [6.45, 7) is 3.94. The fourth-order valence-electron chi connectivity index (χ4n) is 1.56. The van der Waals surface area contributed by atoms with Crippen LogP contribution in [0.5, 0.6) is 0 Å². The third-order valence-corrected chi connectivity index (χ3v) is 2.53. The lowest BCUT2D eigenvalue weighted by atomic mass is 10.3. The summed E-state index contributed by atoms with van der Waals surface area (Å²) in [4.78, 5) is 0. The number of aryl methyl sites for hydroxylation is 2. The van der Waals surface area contributed by atoms with E-state index in [9.17, 15) is 0 Å². The topological polar surface area (TPSA) is 73.5 Å². The third kappa shape index (κ3) is 1.69. The molecule has 0 bridgehead atoms. The van der Waals surface area contributed by atoms with Crippen LogP contribution in [-0.2, 0) is 7.05 Å². The Morgan fingerprint density at radius 3 is 2.75 bits per heavy atom. The summed E-state index contributed by atoms with van der Waals surface area (Å²) in [5.41, 5.74) is 1.81. The van der Waals surface area contributed by atoms with Gasteiger partial charge in [0.05, 0.1) is 17.9 Å². The van der Waals surface area contributed by atoms with Crippen LogP contribution in [0.3, 0.4) is 0 Å². The molecule has 1 N–H and O–H groups in total. The van der Waals surface area contributed by atoms with Gasteiger partial charge in [-0.2, -0.15) is 9.78 Å². The standard InChI is InChI=1S/C9H15N7/c1-6-8(5-15(4)12-6)16-9(7(2)10-3)11-13-14-16/h5,7,10H,1-4H3. The van der Waals surface area contributed by atoms with Gasteiger partial charge in [0, 0.05) is 7.05 Å².